The number of aromatic nitrogens is 5. The van der Waals surface area contributed by atoms with Crippen LogP contribution in [0.25, 0.3) is 16.9 Å². The molecule has 2 aliphatic rings. The van der Waals surface area contributed by atoms with Gasteiger partial charge in [0.25, 0.3) is 5.91 Å². The molecule has 0 unspecified atom stereocenters. The van der Waals surface area contributed by atoms with Crippen LogP contribution in [-0.4, -0.2) is 73.1 Å². The first-order chi connectivity index (χ1) is 21.1. The van der Waals surface area contributed by atoms with E-state index < -0.39 is 11.9 Å². The fourth-order valence-corrected chi connectivity index (χ4v) is 5.65. The molecule has 0 spiro atoms. The number of nitriles is 1. The smallest absolute Gasteiger partial charge is 0.350 e. The molecule has 1 aromatic carbocycles. The van der Waals surface area contributed by atoms with E-state index in [1.165, 1.54) is 23.0 Å². The van der Waals surface area contributed by atoms with Crippen LogP contribution in [0, 0.1) is 17.2 Å². The molecule has 0 radical (unpaired) electrons. The van der Waals surface area contributed by atoms with Crippen molar-refractivity contribution in [3.05, 3.63) is 59.3 Å². The fourth-order valence-electron chi connectivity index (χ4n) is 5.39. The Morgan fingerprint density at radius 2 is 1.95 bits per heavy atom. The van der Waals surface area contributed by atoms with Gasteiger partial charge in [0, 0.05) is 43.3 Å². The molecule has 2 saturated heterocycles. The number of anilines is 2. The number of likely N-dealkylation sites (tertiary alicyclic amines) is 1. The normalized spacial score (nSPS) is 16.0. The van der Waals surface area contributed by atoms with E-state index in [9.17, 15) is 22.8 Å². The van der Waals surface area contributed by atoms with Gasteiger partial charge in [-0.05, 0) is 44.1 Å². The van der Waals surface area contributed by atoms with Gasteiger partial charge in [-0.25, -0.2) is 9.97 Å². The van der Waals surface area contributed by atoms with Crippen molar-refractivity contribution < 1.29 is 22.8 Å². The van der Waals surface area contributed by atoms with Crippen LogP contribution in [0.15, 0.2) is 43.0 Å². The third-order valence-corrected chi connectivity index (χ3v) is 7.97. The van der Waals surface area contributed by atoms with Crippen LogP contribution in [0.2, 0.25) is 5.02 Å². The summed E-state index contributed by atoms with van der Waals surface area (Å²) < 4.78 is 43.6. The van der Waals surface area contributed by atoms with Gasteiger partial charge < -0.3 is 20.9 Å². The number of imidazole rings is 1. The van der Waals surface area contributed by atoms with Gasteiger partial charge in [0.15, 0.2) is 17.2 Å². The minimum Gasteiger partial charge on any atom is -0.350 e. The summed E-state index contributed by atoms with van der Waals surface area (Å²) in [5.41, 5.74) is -0.249. The van der Waals surface area contributed by atoms with Gasteiger partial charge in [0.2, 0.25) is 5.91 Å². The van der Waals surface area contributed by atoms with E-state index in [1.807, 2.05) is 0 Å². The Bertz CT molecular complexity index is 1770. The fraction of sp³-hybridized carbons (Fsp3) is 0.357. The molecule has 228 valence electrons. The molecule has 0 aliphatic carbocycles. The summed E-state index contributed by atoms with van der Waals surface area (Å²) in [5, 5.41) is 22.0. The number of piperidine rings is 1. The van der Waals surface area contributed by atoms with Crippen LogP contribution in [0.5, 0.6) is 0 Å². The van der Waals surface area contributed by atoms with Crippen LogP contribution >= 0.6 is 11.6 Å². The number of carbonyl (C=O) groups excluding carboxylic acids is 2. The first kappa shape index (κ1) is 29.4. The van der Waals surface area contributed by atoms with E-state index in [1.54, 1.807) is 29.2 Å². The second kappa shape index (κ2) is 11.8. The highest BCUT2D eigenvalue weighted by Gasteiger charge is 2.38. The number of rotatable bonds is 7. The first-order valence-electron chi connectivity index (χ1n) is 13.8. The SMILES string of the molecule is N#CCn1cc(-c2cnc3c(Nc4ccc(C(=O)N5CC(NC(=O)C6CCNCC6)C5)c(Cl)c4)nccn23)c(C(F)(F)F)n1. The maximum atomic E-state index is 13.7. The Morgan fingerprint density at radius 1 is 1.18 bits per heavy atom. The van der Waals surface area contributed by atoms with Crippen molar-refractivity contribution in [3.8, 4) is 17.3 Å². The van der Waals surface area contributed by atoms with Crippen LogP contribution in [0.4, 0.5) is 24.7 Å². The molecule has 3 N–H and O–H groups in total. The highest BCUT2D eigenvalue weighted by atomic mass is 35.5. The number of alkyl halides is 3. The van der Waals surface area contributed by atoms with Crippen LogP contribution in [-0.2, 0) is 17.5 Å². The number of hydrogen-bond acceptors (Lipinski definition) is 8. The third-order valence-electron chi connectivity index (χ3n) is 7.65. The monoisotopic (exact) mass is 626 g/mol. The summed E-state index contributed by atoms with van der Waals surface area (Å²) in [7, 11) is 0. The molecule has 12 nitrogen and oxygen atoms in total. The molecule has 5 heterocycles. The van der Waals surface area contributed by atoms with Gasteiger partial charge in [-0.1, -0.05) is 11.6 Å². The molecule has 2 aliphatic heterocycles. The number of benzene rings is 1. The molecule has 0 bridgehead atoms. The van der Waals surface area contributed by atoms with Gasteiger partial charge >= 0.3 is 6.18 Å². The highest BCUT2D eigenvalue weighted by molar-refractivity contribution is 6.34. The lowest BCUT2D eigenvalue weighted by Crippen LogP contribution is -2.61. The molecule has 4 aromatic rings. The molecular weight excluding hydrogens is 601 g/mol. The molecule has 16 heteroatoms. The Morgan fingerprint density at radius 3 is 2.66 bits per heavy atom. The van der Waals surface area contributed by atoms with Crippen molar-refractivity contribution in [1.82, 2.24) is 39.7 Å². The summed E-state index contributed by atoms with van der Waals surface area (Å²) in [6.07, 6.45) is 2.15. The molecule has 3 aromatic heterocycles. The standard InChI is InChI=1S/C28H26ClF3N10O2/c29-21-11-17(1-2-19(21)27(44)40-13-18(14-40)38-26(43)16-3-6-34-7-4-16)37-24-25-36-12-22(42(25)10-8-35-24)20-15-41(9-5-33)39-23(20)28(30,31)32/h1-2,8,10-12,15-16,18,34H,3-4,6-7,9,13-14H2,(H,35,37)(H,38,43). The number of halogens is 4. The summed E-state index contributed by atoms with van der Waals surface area (Å²) in [6.45, 7) is 2.09. The van der Waals surface area contributed by atoms with Crippen molar-refractivity contribution in [2.24, 2.45) is 5.92 Å². The number of amides is 2. The molecule has 0 saturated carbocycles. The predicted molar refractivity (Wildman–Crippen MR) is 153 cm³/mol. The zero-order chi connectivity index (χ0) is 31.0. The number of fused-ring (bicyclic) bond motifs is 1. The third kappa shape index (κ3) is 5.78. The number of hydrogen-bond donors (Lipinski definition) is 3. The van der Waals surface area contributed by atoms with E-state index in [-0.39, 0.29) is 58.1 Å². The summed E-state index contributed by atoms with van der Waals surface area (Å²) in [4.78, 5) is 35.7. The van der Waals surface area contributed by atoms with E-state index in [0.717, 1.165) is 36.8 Å². The molecule has 2 amide bonds. The number of nitrogens with zero attached hydrogens (tertiary/aromatic N) is 7. The van der Waals surface area contributed by atoms with Gasteiger partial charge in [0.1, 0.15) is 6.54 Å². The molecular formula is C28H26ClF3N10O2. The van der Waals surface area contributed by atoms with Gasteiger partial charge in [-0.3, -0.25) is 18.7 Å². The van der Waals surface area contributed by atoms with Gasteiger partial charge in [-0.15, -0.1) is 0 Å². The largest absolute Gasteiger partial charge is 0.435 e. The summed E-state index contributed by atoms with van der Waals surface area (Å²) in [6, 6.07) is 6.44. The van der Waals surface area contributed by atoms with Crippen LogP contribution < -0.4 is 16.0 Å². The van der Waals surface area contributed by atoms with Gasteiger partial charge in [0.05, 0.1) is 40.2 Å². The van der Waals surface area contributed by atoms with E-state index >= 15 is 0 Å². The topological polar surface area (TPSA) is 145 Å². The average molecular weight is 627 g/mol. The maximum Gasteiger partial charge on any atom is 0.435 e. The zero-order valence-corrected chi connectivity index (χ0v) is 23.9. The van der Waals surface area contributed by atoms with Crippen molar-refractivity contribution in [2.45, 2.75) is 31.6 Å². The van der Waals surface area contributed by atoms with Gasteiger partial charge in [-0.2, -0.15) is 23.5 Å². The van der Waals surface area contributed by atoms with Crippen molar-refractivity contribution in [2.75, 3.05) is 31.5 Å². The minimum absolute atomic E-state index is 0.00446. The summed E-state index contributed by atoms with van der Waals surface area (Å²) in [5.74, 6) is 0.00160. The lowest BCUT2D eigenvalue weighted by atomic mass is 9.96. The molecule has 44 heavy (non-hydrogen) atoms. The second-order valence-electron chi connectivity index (χ2n) is 10.6. The molecule has 0 atom stereocenters. The maximum absolute atomic E-state index is 13.7. The lowest BCUT2D eigenvalue weighted by Gasteiger charge is -2.40. The minimum atomic E-state index is -4.75. The molecule has 2 fully saturated rings. The second-order valence-corrected chi connectivity index (χ2v) is 11.0. The van der Waals surface area contributed by atoms with E-state index in [0.29, 0.717) is 24.3 Å². The first-order valence-corrected chi connectivity index (χ1v) is 14.2. The predicted octanol–water partition coefficient (Wildman–Crippen LogP) is 3.47. The van der Waals surface area contributed by atoms with Crippen molar-refractivity contribution in [3.63, 3.8) is 0 Å². The van der Waals surface area contributed by atoms with Crippen LogP contribution in [0.3, 0.4) is 0 Å². The quantitative estimate of drug-likeness (QED) is 0.283. The Kier molecular flexibility index (Phi) is 7.87. The summed E-state index contributed by atoms with van der Waals surface area (Å²) >= 11 is 6.49. The highest BCUT2D eigenvalue weighted by Crippen LogP contribution is 2.37. The zero-order valence-electron chi connectivity index (χ0n) is 23.1. The van der Waals surface area contributed by atoms with E-state index in [2.05, 4.69) is 31.0 Å². The number of nitrogens with one attached hydrogen (secondary N) is 3. The van der Waals surface area contributed by atoms with Crippen molar-refractivity contribution >= 4 is 40.6 Å². The Labute approximate surface area is 253 Å². The lowest BCUT2D eigenvalue weighted by molar-refractivity contribution is -0.141. The average Bonchev–Trinajstić information content (AvgIpc) is 3.60. The number of carbonyl (C=O) groups is 2. The molecule has 6 rings (SSSR count). The van der Waals surface area contributed by atoms with Crippen molar-refractivity contribution in [1.29, 1.82) is 5.26 Å². The van der Waals surface area contributed by atoms with Crippen LogP contribution in [0.1, 0.15) is 28.9 Å². The van der Waals surface area contributed by atoms with E-state index in [4.69, 9.17) is 16.9 Å². The Hall–Kier alpha value is -4.68. The Balaban J connectivity index is 1.15.